The fraction of sp³-hybridized carbons (Fsp3) is 0.263. The van der Waals surface area contributed by atoms with Crippen LogP contribution in [0, 0.1) is 0 Å². The van der Waals surface area contributed by atoms with Gasteiger partial charge in [0.25, 0.3) is 11.8 Å². The number of nitrogens with one attached hydrogen (secondary N) is 2. The average molecular weight is 674 g/mol. The third kappa shape index (κ3) is 6.39. The number of aromatic nitrogens is 2. The molecule has 0 spiro atoms. The van der Waals surface area contributed by atoms with Crippen LogP contribution in [0.1, 0.15) is 70.8 Å². The van der Waals surface area contributed by atoms with Crippen LogP contribution >= 0.6 is 0 Å². The van der Waals surface area contributed by atoms with Crippen LogP contribution in [0.25, 0.3) is 11.2 Å². The van der Waals surface area contributed by atoms with Crippen LogP contribution in [-0.4, -0.2) is 57.7 Å². The topological polar surface area (TPSA) is 153 Å². The second kappa shape index (κ2) is 13.5. The van der Waals surface area contributed by atoms with Crippen molar-refractivity contribution in [1.29, 1.82) is 0 Å². The summed E-state index contributed by atoms with van der Waals surface area (Å²) in [4.78, 5) is 59.8. The van der Waals surface area contributed by atoms with Gasteiger partial charge in [-0.05, 0) is 72.5 Å². The average Bonchev–Trinajstić information content (AvgIpc) is 3.65. The maximum Gasteiger partial charge on any atom is 0.264 e. The van der Waals surface area contributed by atoms with Crippen molar-refractivity contribution in [2.75, 3.05) is 18.5 Å². The molecule has 3 aromatic carbocycles. The Morgan fingerprint density at radius 2 is 1.62 bits per heavy atom. The smallest absolute Gasteiger partial charge is 0.264 e. The molecular weight excluding hydrogens is 638 g/mol. The Morgan fingerprint density at radius 1 is 0.900 bits per heavy atom. The summed E-state index contributed by atoms with van der Waals surface area (Å²) in [6.45, 7) is 5.46. The quantitative estimate of drug-likeness (QED) is 0.130. The number of fused-ring (bicyclic) bond motifs is 2. The Hall–Kier alpha value is -6.04. The van der Waals surface area contributed by atoms with Gasteiger partial charge in [-0.25, -0.2) is 4.98 Å². The van der Waals surface area contributed by atoms with Gasteiger partial charge in [0.2, 0.25) is 17.7 Å². The van der Waals surface area contributed by atoms with E-state index in [-0.39, 0.29) is 36.0 Å². The maximum atomic E-state index is 13.3. The molecule has 1 unspecified atom stereocenters. The second-order valence-electron chi connectivity index (χ2n) is 12.7. The molecule has 7 rings (SSSR count). The minimum atomic E-state index is -1.00. The fourth-order valence-electron chi connectivity index (χ4n) is 6.27. The van der Waals surface area contributed by atoms with Gasteiger partial charge in [-0.3, -0.25) is 29.4 Å². The number of anilines is 1. The molecule has 1 saturated heterocycles. The molecule has 4 amide bonds. The van der Waals surface area contributed by atoms with Crippen molar-refractivity contribution >= 4 is 40.5 Å². The van der Waals surface area contributed by atoms with Crippen molar-refractivity contribution in [3.8, 4) is 11.5 Å². The Kier molecular flexibility index (Phi) is 8.75. The molecule has 0 radical (unpaired) electrons. The van der Waals surface area contributed by atoms with Gasteiger partial charge >= 0.3 is 0 Å². The number of ether oxygens (including phenoxy) is 2. The van der Waals surface area contributed by atoms with Crippen LogP contribution in [0.2, 0.25) is 0 Å². The van der Waals surface area contributed by atoms with Gasteiger partial charge in [0, 0.05) is 30.3 Å². The number of carbonyl (C=O) groups excluding carboxylic acids is 4. The van der Waals surface area contributed by atoms with Gasteiger partial charge in [0.1, 0.15) is 17.5 Å². The molecule has 5 aromatic rings. The summed E-state index contributed by atoms with van der Waals surface area (Å²) >= 11 is 0. The van der Waals surface area contributed by atoms with Crippen molar-refractivity contribution < 1.29 is 33.1 Å². The standard InChI is InChI=1S/C38H35N5O7/c1-38(2,24-11-15-26(16-12-24)49-22-32-42-34-30(50-32)8-4-19-40-34)23-9-13-25(14-10-23)48-21-5-20-39-28-7-3-6-27-33(28)37(47)43(36(27)46)29-17-18-31(44)41-35(29)45/h3-4,6-16,19,29,39H,5,17-18,20-22H2,1-2H3,(H,41,44,45). The van der Waals surface area contributed by atoms with Gasteiger partial charge in [-0.15, -0.1) is 0 Å². The number of hydrogen-bond acceptors (Lipinski definition) is 10. The van der Waals surface area contributed by atoms with Crippen molar-refractivity contribution in [3.05, 3.63) is 113 Å². The highest BCUT2D eigenvalue weighted by Crippen LogP contribution is 2.34. The predicted molar refractivity (Wildman–Crippen MR) is 183 cm³/mol. The first-order valence-electron chi connectivity index (χ1n) is 16.4. The van der Waals surface area contributed by atoms with Gasteiger partial charge in [-0.1, -0.05) is 44.2 Å². The lowest BCUT2D eigenvalue weighted by Crippen LogP contribution is -2.54. The number of pyridine rings is 1. The highest BCUT2D eigenvalue weighted by atomic mass is 16.5. The zero-order valence-electron chi connectivity index (χ0n) is 27.6. The summed E-state index contributed by atoms with van der Waals surface area (Å²) < 4.78 is 17.6. The SMILES string of the molecule is CC(C)(c1ccc(OCCCNc2cccc3c2C(=O)N(C2CCC(=O)NC2=O)C3=O)cc1)c1ccc(OCc2nc3ncccc3o2)cc1. The largest absolute Gasteiger partial charge is 0.494 e. The van der Waals surface area contributed by atoms with Crippen LogP contribution in [0.15, 0.2) is 89.5 Å². The molecule has 254 valence electrons. The predicted octanol–water partition coefficient (Wildman–Crippen LogP) is 5.41. The number of amides is 4. The first-order valence-corrected chi connectivity index (χ1v) is 16.4. The molecule has 0 bridgehead atoms. The van der Waals surface area contributed by atoms with E-state index >= 15 is 0 Å². The lowest BCUT2D eigenvalue weighted by atomic mass is 9.78. The van der Waals surface area contributed by atoms with Crippen LogP contribution < -0.4 is 20.1 Å². The Morgan fingerprint density at radius 3 is 2.32 bits per heavy atom. The number of imide groups is 2. The summed E-state index contributed by atoms with van der Waals surface area (Å²) in [6.07, 6.45) is 2.49. The van der Waals surface area contributed by atoms with E-state index in [2.05, 4.69) is 58.7 Å². The van der Waals surface area contributed by atoms with Crippen molar-refractivity contribution in [1.82, 2.24) is 20.2 Å². The third-order valence-corrected chi connectivity index (χ3v) is 9.10. The number of carbonyl (C=O) groups is 4. The molecule has 12 nitrogen and oxygen atoms in total. The Labute approximate surface area is 287 Å². The monoisotopic (exact) mass is 673 g/mol. The molecule has 0 saturated carbocycles. The summed E-state index contributed by atoms with van der Waals surface area (Å²) in [5.74, 6) is -0.196. The van der Waals surface area contributed by atoms with Gasteiger partial charge in [-0.2, -0.15) is 4.98 Å². The van der Waals surface area contributed by atoms with Crippen molar-refractivity contribution in [2.24, 2.45) is 0 Å². The lowest BCUT2D eigenvalue weighted by molar-refractivity contribution is -0.136. The maximum absolute atomic E-state index is 13.3. The second-order valence-corrected chi connectivity index (χ2v) is 12.7. The van der Waals surface area contributed by atoms with E-state index in [0.717, 1.165) is 21.8 Å². The number of benzene rings is 3. The summed E-state index contributed by atoms with van der Waals surface area (Å²) in [7, 11) is 0. The molecule has 0 aliphatic carbocycles. The Bertz CT molecular complexity index is 2060. The minimum absolute atomic E-state index is 0.0720. The summed E-state index contributed by atoms with van der Waals surface area (Å²) in [5, 5.41) is 5.46. The summed E-state index contributed by atoms with van der Waals surface area (Å²) in [6, 6.07) is 23.6. The Balaban J connectivity index is 0.895. The number of piperidine rings is 1. The molecule has 12 heteroatoms. The molecule has 50 heavy (non-hydrogen) atoms. The molecule has 4 heterocycles. The molecular formula is C38H35N5O7. The number of nitrogens with zero attached hydrogens (tertiary/aromatic N) is 3. The highest BCUT2D eigenvalue weighted by molar-refractivity contribution is 6.25. The van der Waals surface area contributed by atoms with Gasteiger partial charge in [0.15, 0.2) is 17.8 Å². The number of hydrogen-bond donors (Lipinski definition) is 2. The van der Waals surface area contributed by atoms with E-state index in [1.54, 1.807) is 30.5 Å². The van der Waals surface area contributed by atoms with E-state index in [4.69, 9.17) is 13.9 Å². The van der Waals surface area contributed by atoms with E-state index in [1.165, 1.54) is 0 Å². The van der Waals surface area contributed by atoms with Crippen molar-refractivity contribution in [3.63, 3.8) is 0 Å². The first-order chi connectivity index (χ1) is 24.2. The molecule has 2 aliphatic heterocycles. The zero-order valence-corrected chi connectivity index (χ0v) is 27.6. The summed E-state index contributed by atoms with van der Waals surface area (Å²) in [5.41, 5.74) is 4.17. The van der Waals surface area contributed by atoms with Crippen LogP contribution in [0.5, 0.6) is 11.5 Å². The van der Waals surface area contributed by atoms with Crippen LogP contribution in [0.4, 0.5) is 5.69 Å². The van der Waals surface area contributed by atoms with E-state index in [1.807, 2.05) is 30.3 Å². The van der Waals surface area contributed by atoms with Crippen LogP contribution in [-0.2, 0) is 21.6 Å². The normalized spacial score (nSPS) is 16.0. The van der Waals surface area contributed by atoms with Crippen LogP contribution in [0.3, 0.4) is 0 Å². The fourth-order valence-corrected chi connectivity index (χ4v) is 6.27. The van der Waals surface area contributed by atoms with E-state index in [0.29, 0.717) is 48.1 Å². The molecule has 2 aromatic heterocycles. The highest BCUT2D eigenvalue weighted by Gasteiger charge is 2.45. The molecule has 2 N–H and O–H groups in total. The third-order valence-electron chi connectivity index (χ3n) is 9.10. The first kappa shape index (κ1) is 32.5. The van der Waals surface area contributed by atoms with Gasteiger partial charge in [0.05, 0.1) is 17.7 Å². The van der Waals surface area contributed by atoms with E-state index in [9.17, 15) is 19.2 Å². The molecule has 2 aliphatic rings. The molecule has 1 fully saturated rings. The lowest BCUT2D eigenvalue weighted by Gasteiger charge is -2.27. The van der Waals surface area contributed by atoms with Gasteiger partial charge < -0.3 is 19.2 Å². The number of rotatable bonds is 12. The zero-order chi connectivity index (χ0) is 34.8. The minimum Gasteiger partial charge on any atom is -0.494 e. The van der Waals surface area contributed by atoms with Crippen molar-refractivity contribution in [2.45, 2.75) is 51.2 Å². The van der Waals surface area contributed by atoms with E-state index < -0.39 is 29.7 Å². The molecule has 1 atom stereocenters. The number of oxazole rings is 1.